The second kappa shape index (κ2) is 4.39. The first kappa shape index (κ1) is 10.1. The molecule has 0 saturated heterocycles. The summed E-state index contributed by atoms with van der Waals surface area (Å²) in [4.78, 5) is 15.0. The molecule has 82 valence electrons. The molecule has 0 spiro atoms. The Bertz CT molecular complexity index is 484. The summed E-state index contributed by atoms with van der Waals surface area (Å²) in [6.07, 6.45) is 3.90. The second-order valence-electron chi connectivity index (χ2n) is 2.94. The van der Waals surface area contributed by atoms with Crippen molar-refractivity contribution in [3.8, 4) is 0 Å². The highest BCUT2D eigenvalue weighted by Gasteiger charge is 2.03. The third-order valence-electron chi connectivity index (χ3n) is 1.71. The van der Waals surface area contributed by atoms with Crippen LogP contribution in [0, 0.1) is 5.82 Å². The van der Waals surface area contributed by atoms with Gasteiger partial charge in [-0.05, 0) is 0 Å². The molecule has 0 aromatic carbocycles. The van der Waals surface area contributed by atoms with E-state index in [1.165, 1.54) is 18.5 Å². The molecule has 0 aliphatic rings. The summed E-state index contributed by atoms with van der Waals surface area (Å²) in [7, 11) is 0. The van der Waals surface area contributed by atoms with E-state index in [0.717, 1.165) is 6.20 Å². The molecule has 6 nitrogen and oxygen atoms in total. The van der Waals surface area contributed by atoms with Crippen LogP contribution >= 0.6 is 0 Å². The molecule has 2 amide bonds. The smallest absolute Gasteiger partial charge is 0.306 e. The van der Waals surface area contributed by atoms with Crippen LogP contribution in [0.4, 0.5) is 20.7 Å². The fraction of sp³-hybridized carbons (Fsp3) is 0. The largest absolute Gasteiger partial charge is 0.324 e. The number of amides is 2. The van der Waals surface area contributed by atoms with Crippen LogP contribution in [-0.4, -0.2) is 21.2 Å². The van der Waals surface area contributed by atoms with Crippen LogP contribution in [-0.2, 0) is 0 Å². The lowest BCUT2D eigenvalue weighted by Gasteiger charge is -2.04. The number of carbonyl (C=O) groups excluding carboxylic acids is 1. The summed E-state index contributed by atoms with van der Waals surface area (Å²) in [6, 6.07) is 2.25. The highest BCUT2D eigenvalue weighted by molar-refractivity contribution is 5.98. The van der Waals surface area contributed by atoms with Crippen molar-refractivity contribution in [2.75, 3.05) is 10.6 Å². The van der Waals surface area contributed by atoms with E-state index in [1.807, 2.05) is 0 Å². The van der Waals surface area contributed by atoms with Gasteiger partial charge in [-0.25, -0.2) is 9.18 Å². The number of hydrogen-bond donors (Lipinski definition) is 3. The van der Waals surface area contributed by atoms with Gasteiger partial charge >= 0.3 is 6.03 Å². The van der Waals surface area contributed by atoms with Crippen molar-refractivity contribution in [2.45, 2.75) is 0 Å². The Morgan fingerprint density at radius 1 is 1.38 bits per heavy atom. The van der Waals surface area contributed by atoms with Gasteiger partial charge in [0.15, 0.2) is 0 Å². The molecule has 0 aliphatic carbocycles. The Balaban J connectivity index is 1.97. The summed E-state index contributed by atoms with van der Waals surface area (Å²) in [5.74, 6) is -0.0683. The summed E-state index contributed by atoms with van der Waals surface area (Å²) < 4.78 is 12.7. The number of halogens is 1. The Morgan fingerprint density at radius 3 is 2.94 bits per heavy atom. The van der Waals surface area contributed by atoms with E-state index in [0.29, 0.717) is 5.82 Å². The van der Waals surface area contributed by atoms with Crippen LogP contribution < -0.4 is 10.6 Å². The molecule has 0 bridgehead atoms. The number of urea groups is 1. The van der Waals surface area contributed by atoms with Gasteiger partial charge in [0.1, 0.15) is 11.6 Å². The Kier molecular flexibility index (Phi) is 2.77. The molecular formula is C9H8FN5O. The van der Waals surface area contributed by atoms with Gasteiger partial charge in [0.2, 0.25) is 0 Å². The average molecular weight is 221 g/mol. The topological polar surface area (TPSA) is 82.7 Å². The minimum Gasteiger partial charge on any atom is -0.306 e. The van der Waals surface area contributed by atoms with Crippen LogP contribution in [0.15, 0.2) is 30.7 Å². The fourth-order valence-electron chi connectivity index (χ4n) is 1.09. The van der Waals surface area contributed by atoms with Crippen LogP contribution in [0.2, 0.25) is 0 Å². The van der Waals surface area contributed by atoms with Gasteiger partial charge in [-0.2, -0.15) is 5.10 Å². The SMILES string of the molecule is O=C(Nc1cncc(F)c1)Nc1ccn[nH]1. The highest BCUT2D eigenvalue weighted by atomic mass is 19.1. The zero-order valence-corrected chi connectivity index (χ0v) is 8.07. The first-order chi connectivity index (χ1) is 7.74. The molecule has 0 fully saturated rings. The van der Waals surface area contributed by atoms with Gasteiger partial charge in [0.25, 0.3) is 0 Å². The third-order valence-corrected chi connectivity index (χ3v) is 1.71. The van der Waals surface area contributed by atoms with Crippen molar-refractivity contribution < 1.29 is 9.18 Å². The van der Waals surface area contributed by atoms with E-state index < -0.39 is 11.8 Å². The van der Waals surface area contributed by atoms with E-state index in [-0.39, 0.29) is 5.69 Å². The minimum atomic E-state index is -0.514. The first-order valence-electron chi connectivity index (χ1n) is 4.42. The van der Waals surface area contributed by atoms with E-state index in [9.17, 15) is 9.18 Å². The maximum atomic E-state index is 12.7. The van der Waals surface area contributed by atoms with E-state index in [2.05, 4.69) is 25.8 Å². The Labute approximate surface area is 89.9 Å². The maximum Gasteiger partial charge on any atom is 0.324 e. The monoisotopic (exact) mass is 221 g/mol. The number of pyridine rings is 1. The van der Waals surface area contributed by atoms with Crippen LogP contribution in [0.1, 0.15) is 0 Å². The van der Waals surface area contributed by atoms with Gasteiger partial charge < -0.3 is 5.32 Å². The predicted octanol–water partition coefficient (Wildman–Crippen LogP) is 1.59. The molecule has 2 rings (SSSR count). The lowest BCUT2D eigenvalue weighted by atomic mass is 10.4. The highest BCUT2D eigenvalue weighted by Crippen LogP contribution is 2.07. The van der Waals surface area contributed by atoms with E-state index in [1.54, 1.807) is 6.07 Å². The number of nitrogens with one attached hydrogen (secondary N) is 3. The Morgan fingerprint density at radius 2 is 2.25 bits per heavy atom. The van der Waals surface area contributed by atoms with Gasteiger partial charge in [0.05, 0.1) is 24.3 Å². The fourth-order valence-corrected chi connectivity index (χ4v) is 1.09. The molecule has 0 saturated carbocycles. The minimum absolute atomic E-state index is 0.275. The number of anilines is 2. The molecule has 3 N–H and O–H groups in total. The summed E-state index contributed by atoms with van der Waals surface area (Å²) in [5, 5.41) is 11.1. The maximum absolute atomic E-state index is 12.7. The molecule has 0 radical (unpaired) electrons. The van der Waals surface area contributed by atoms with E-state index in [4.69, 9.17) is 0 Å². The average Bonchev–Trinajstić information content (AvgIpc) is 2.70. The quantitative estimate of drug-likeness (QED) is 0.720. The number of carbonyl (C=O) groups is 1. The number of aromatic nitrogens is 3. The molecular weight excluding hydrogens is 213 g/mol. The van der Waals surface area contributed by atoms with Gasteiger partial charge in [0, 0.05) is 12.1 Å². The number of aromatic amines is 1. The van der Waals surface area contributed by atoms with Crippen LogP contribution in [0.25, 0.3) is 0 Å². The summed E-state index contributed by atoms with van der Waals surface area (Å²) in [6.45, 7) is 0. The van der Waals surface area contributed by atoms with Crippen molar-refractivity contribution in [3.05, 3.63) is 36.5 Å². The molecule has 2 heterocycles. The van der Waals surface area contributed by atoms with Gasteiger partial charge in [-0.3, -0.25) is 15.4 Å². The van der Waals surface area contributed by atoms with Crippen molar-refractivity contribution in [1.82, 2.24) is 15.2 Å². The molecule has 0 unspecified atom stereocenters. The molecule has 16 heavy (non-hydrogen) atoms. The summed E-state index contributed by atoms with van der Waals surface area (Å²) in [5.41, 5.74) is 0.275. The van der Waals surface area contributed by atoms with Crippen LogP contribution in [0.3, 0.4) is 0 Å². The second-order valence-corrected chi connectivity index (χ2v) is 2.94. The van der Waals surface area contributed by atoms with Gasteiger partial charge in [-0.15, -0.1) is 0 Å². The van der Waals surface area contributed by atoms with E-state index >= 15 is 0 Å². The molecule has 7 heteroatoms. The van der Waals surface area contributed by atoms with Crippen molar-refractivity contribution in [1.29, 1.82) is 0 Å². The zero-order valence-electron chi connectivity index (χ0n) is 8.07. The molecule has 0 aliphatic heterocycles. The first-order valence-corrected chi connectivity index (χ1v) is 4.42. The van der Waals surface area contributed by atoms with Gasteiger partial charge in [-0.1, -0.05) is 0 Å². The van der Waals surface area contributed by atoms with Crippen molar-refractivity contribution in [3.63, 3.8) is 0 Å². The normalized spacial score (nSPS) is 9.81. The number of nitrogens with zero attached hydrogens (tertiary/aromatic N) is 2. The van der Waals surface area contributed by atoms with Crippen molar-refractivity contribution >= 4 is 17.5 Å². The molecule has 2 aromatic rings. The number of rotatable bonds is 2. The number of H-pyrrole nitrogens is 1. The zero-order chi connectivity index (χ0) is 11.4. The third kappa shape index (κ3) is 2.53. The summed E-state index contributed by atoms with van der Waals surface area (Å²) >= 11 is 0. The number of hydrogen-bond acceptors (Lipinski definition) is 3. The molecule has 2 aromatic heterocycles. The lowest BCUT2D eigenvalue weighted by Crippen LogP contribution is -2.19. The Hall–Kier alpha value is -2.44. The van der Waals surface area contributed by atoms with Crippen molar-refractivity contribution in [2.24, 2.45) is 0 Å². The predicted molar refractivity (Wildman–Crippen MR) is 55.4 cm³/mol. The lowest BCUT2D eigenvalue weighted by molar-refractivity contribution is 0.262. The molecule has 0 atom stereocenters. The standard InChI is InChI=1S/C9H8FN5O/c10-6-3-7(5-11-4-6)13-9(16)14-8-1-2-12-15-8/h1-5H,(H3,12,13,14,15,16). The van der Waals surface area contributed by atoms with Crippen LogP contribution in [0.5, 0.6) is 0 Å².